The van der Waals surface area contributed by atoms with E-state index >= 15 is 0 Å². The van der Waals surface area contributed by atoms with Crippen LogP contribution in [0.25, 0.3) is 0 Å². The second-order valence-corrected chi connectivity index (χ2v) is 8.17. The predicted octanol–water partition coefficient (Wildman–Crippen LogP) is 2.95. The summed E-state index contributed by atoms with van der Waals surface area (Å²) in [6, 6.07) is 0. The van der Waals surface area contributed by atoms with Crippen LogP contribution in [0.15, 0.2) is 11.1 Å². The first-order valence-electron chi connectivity index (χ1n) is 8.73. The molecule has 4 rings (SSSR count). The highest BCUT2D eigenvalue weighted by molar-refractivity contribution is 5.28. The Morgan fingerprint density at radius 3 is 2.62 bits per heavy atom. The van der Waals surface area contributed by atoms with Gasteiger partial charge in [0, 0.05) is 5.41 Å². The Bertz CT molecular complexity index is 457. The number of aliphatic hydroxyl groups excluding tert-OH is 1. The molecule has 21 heavy (non-hydrogen) atoms. The topological polar surface area (TPSA) is 49.7 Å². The molecule has 1 spiro atoms. The summed E-state index contributed by atoms with van der Waals surface area (Å²) >= 11 is 0. The standard InChI is InChI=1S/C18H28O3/c1-17(20)8-7-15-14(12-2-4-13(19)5-3-12)6-9-18(15)10-16(17)21-11-18/h13,15-16,19-20H,2-11H2,1H3/t13?,15-,16+,17+,18+/m0/s1. The molecule has 4 aliphatic rings. The van der Waals surface area contributed by atoms with Crippen molar-refractivity contribution in [2.75, 3.05) is 6.61 Å². The minimum atomic E-state index is -0.646. The van der Waals surface area contributed by atoms with E-state index in [2.05, 4.69) is 0 Å². The average molecular weight is 292 g/mol. The molecular weight excluding hydrogens is 264 g/mol. The Balaban J connectivity index is 1.64. The largest absolute Gasteiger partial charge is 0.393 e. The number of hydrogen-bond acceptors (Lipinski definition) is 3. The second kappa shape index (κ2) is 4.81. The van der Waals surface area contributed by atoms with Crippen LogP contribution in [0.3, 0.4) is 0 Å². The van der Waals surface area contributed by atoms with Gasteiger partial charge in [-0.05, 0) is 70.6 Å². The lowest BCUT2D eigenvalue weighted by Crippen LogP contribution is -2.38. The molecule has 2 N–H and O–H groups in total. The Hall–Kier alpha value is -0.380. The van der Waals surface area contributed by atoms with E-state index in [0.29, 0.717) is 11.3 Å². The van der Waals surface area contributed by atoms with Crippen LogP contribution in [0.4, 0.5) is 0 Å². The average Bonchev–Trinajstić information content (AvgIpc) is 3.01. The SMILES string of the molecule is C[C@@]1(O)CC[C@H]2C(=C3CCC(O)CC3)CC[C@@]23CO[C@@H]1C3. The first-order chi connectivity index (χ1) is 10.0. The van der Waals surface area contributed by atoms with Crippen LogP contribution in [0, 0.1) is 11.3 Å². The zero-order valence-corrected chi connectivity index (χ0v) is 13.1. The molecule has 1 saturated heterocycles. The fraction of sp³-hybridized carbons (Fsp3) is 0.889. The van der Waals surface area contributed by atoms with Crippen molar-refractivity contribution < 1.29 is 14.9 Å². The molecule has 3 nitrogen and oxygen atoms in total. The van der Waals surface area contributed by atoms with Crippen molar-refractivity contribution >= 4 is 0 Å². The summed E-state index contributed by atoms with van der Waals surface area (Å²) in [5, 5.41) is 20.4. The van der Waals surface area contributed by atoms with Crippen molar-refractivity contribution in [2.24, 2.45) is 11.3 Å². The Labute approximate surface area is 127 Å². The van der Waals surface area contributed by atoms with E-state index in [1.165, 1.54) is 12.8 Å². The fourth-order valence-electron chi connectivity index (χ4n) is 5.45. The monoisotopic (exact) mass is 292 g/mol. The number of ether oxygens (including phenoxy) is 1. The summed E-state index contributed by atoms with van der Waals surface area (Å²) in [7, 11) is 0. The molecule has 3 aliphatic carbocycles. The summed E-state index contributed by atoms with van der Waals surface area (Å²) < 4.78 is 6.02. The van der Waals surface area contributed by atoms with E-state index in [9.17, 15) is 10.2 Å². The van der Waals surface area contributed by atoms with Gasteiger partial charge >= 0.3 is 0 Å². The molecule has 0 amide bonds. The van der Waals surface area contributed by atoms with Gasteiger partial charge in [0.1, 0.15) is 0 Å². The van der Waals surface area contributed by atoms with E-state index in [-0.39, 0.29) is 12.2 Å². The summed E-state index contributed by atoms with van der Waals surface area (Å²) in [6.07, 6.45) is 9.51. The lowest BCUT2D eigenvalue weighted by molar-refractivity contribution is -0.0837. The summed E-state index contributed by atoms with van der Waals surface area (Å²) in [6.45, 7) is 2.80. The van der Waals surface area contributed by atoms with Crippen LogP contribution in [0.2, 0.25) is 0 Å². The van der Waals surface area contributed by atoms with E-state index < -0.39 is 5.60 Å². The van der Waals surface area contributed by atoms with Crippen LogP contribution in [0.5, 0.6) is 0 Å². The molecular formula is C18H28O3. The molecule has 0 aromatic carbocycles. The molecule has 118 valence electrons. The zero-order valence-electron chi connectivity index (χ0n) is 13.1. The van der Waals surface area contributed by atoms with Gasteiger partial charge in [-0.15, -0.1) is 0 Å². The lowest BCUT2D eigenvalue weighted by atomic mass is 9.73. The van der Waals surface area contributed by atoms with Gasteiger partial charge in [0.25, 0.3) is 0 Å². The molecule has 0 unspecified atom stereocenters. The van der Waals surface area contributed by atoms with Gasteiger partial charge in [-0.25, -0.2) is 0 Å². The molecule has 1 aliphatic heterocycles. The minimum absolute atomic E-state index is 0.0417. The molecule has 0 aromatic rings. The third-order valence-corrected chi connectivity index (χ3v) is 6.86. The highest BCUT2D eigenvalue weighted by atomic mass is 16.5. The first-order valence-corrected chi connectivity index (χ1v) is 8.73. The highest BCUT2D eigenvalue weighted by Gasteiger charge is 2.57. The molecule has 0 aromatic heterocycles. The second-order valence-electron chi connectivity index (χ2n) is 8.17. The minimum Gasteiger partial charge on any atom is -0.393 e. The van der Waals surface area contributed by atoms with Crippen molar-refractivity contribution in [3.05, 3.63) is 11.1 Å². The van der Waals surface area contributed by atoms with Gasteiger partial charge in [0.15, 0.2) is 0 Å². The van der Waals surface area contributed by atoms with Gasteiger partial charge in [0.2, 0.25) is 0 Å². The maximum absolute atomic E-state index is 10.6. The van der Waals surface area contributed by atoms with Gasteiger partial charge in [-0.3, -0.25) is 0 Å². The first kappa shape index (κ1) is 14.2. The number of fused-ring (bicyclic) bond motifs is 1. The number of allylic oxidation sites excluding steroid dienone is 2. The van der Waals surface area contributed by atoms with Gasteiger partial charge < -0.3 is 14.9 Å². The van der Waals surface area contributed by atoms with Crippen molar-refractivity contribution in [3.63, 3.8) is 0 Å². The van der Waals surface area contributed by atoms with Crippen LogP contribution in [-0.2, 0) is 4.74 Å². The third-order valence-electron chi connectivity index (χ3n) is 6.86. The van der Waals surface area contributed by atoms with Gasteiger partial charge in [-0.2, -0.15) is 0 Å². The molecule has 3 saturated carbocycles. The van der Waals surface area contributed by atoms with Gasteiger partial charge in [0.05, 0.1) is 24.4 Å². The summed E-state index contributed by atoms with van der Waals surface area (Å²) in [5.41, 5.74) is 2.98. The Kier molecular flexibility index (Phi) is 3.26. The lowest BCUT2D eigenvalue weighted by Gasteiger charge is -2.33. The van der Waals surface area contributed by atoms with E-state index in [1.807, 2.05) is 6.92 Å². The number of hydrogen-bond donors (Lipinski definition) is 2. The van der Waals surface area contributed by atoms with Crippen LogP contribution in [0.1, 0.15) is 64.7 Å². The van der Waals surface area contributed by atoms with Crippen molar-refractivity contribution in [1.82, 2.24) is 0 Å². The Morgan fingerprint density at radius 2 is 1.86 bits per heavy atom. The predicted molar refractivity (Wildman–Crippen MR) is 80.9 cm³/mol. The normalized spacial score (nSPS) is 50.1. The molecule has 2 bridgehead atoms. The van der Waals surface area contributed by atoms with Crippen LogP contribution < -0.4 is 0 Å². The van der Waals surface area contributed by atoms with Crippen molar-refractivity contribution in [2.45, 2.75) is 82.5 Å². The smallest absolute Gasteiger partial charge is 0.0880 e. The van der Waals surface area contributed by atoms with E-state index in [4.69, 9.17) is 4.74 Å². The molecule has 4 atom stereocenters. The number of aliphatic hydroxyl groups is 2. The fourth-order valence-corrected chi connectivity index (χ4v) is 5.45. The summed E-state index contributed by atoms with van der Waals surface area (Å²) in [4.78, 5) is 0. The van der Waals surface area contributed by atoms with Gasteiger partial charge in [-0.1, -0.05) is 11.1 Å². The van der Waals surface area contributed by atoms with Crippen molar-refractivity contribution in [3.8, 4) is 0 Å². The van der Waals surface area contributed by atoms with Crippen LogP contribution in [-0.4, -0.2) is 34.6 Å². The molecule has 1 heterocycles. The highest BCUT2D eigenvalue weighted by Crippen LogP contribution is 2.60. The molecule has 0 radical (unpaired) electrons. The van der Waals surface area contributed by atoms with Crippen molar-refractivity contribution in [1.29, 1.82) is 0 Å². The van der Waals surface area contributed by atoms with Crippen LogP contribution >= 0.6 is 0 Å². The third kappa shape index (κ3) is 2.20. The maximum atomic E-state index is 10.6. The number of rotatable bonds is 0. The van der Waals surface area contributed by atoms with E-state index in [0.717, 1.165) is 51.6 Å². The summed E-state index contributed by atoms with van der Waals surface area (Å²) in [5.74, 6) is 0.627. The quantitative estimate of drug-likeness (QED) is 0.675. The molecule has 4 fully saturated rings. The maximum Gasteiger partial charge on any atom is 0.0880 e. The Morgan fingerprint density at radius 1 is 1.10 bits per heavy atom. The zero-order chi connectivity index (χ0) is 14.7. The van der Waals surface area contributed by atoms with E-state index in [1.54, 1.807) is 11.1 Å². The molecule has 3 heteroatoms.